The van der Waals surface area contributed by atoms with Gasteiger partial charge >= 0.3 is 6.18 Å². The number of rotatable bonds is 4. The molecule has 0 fully saturated rings. The summed E-state index contributed by atoms with van der Waals surface area (Å²) in [5, 5.41) is 8.08. The van der Waals surface area contributed by atoms with Crippen molar-refractivity contribution in [3.05, 3.63) is 60.2 Å². The number of halogens is 3. The highest BCUT2D eigenvalue weighted by Gasteiger charge is 2.29. The maximum atomic E-state index is 12.6. The molecular weight excluding hydrogens is 331 g/mol. The third-order valence-corrected chi connectivity index (χ3v) is 3.38. The smallest absolute Gasteiger partial charge is 0.422 e. The van der Waals surface area contributed by atoms with Gasteiger partial charge in [0.2, 0.25) is 5.88 Å². The molecule has 0 saturated carbocycles. The maximum Gasteiger partial charge on any atom is 0.422 e. The molecule has 25 heavy (non-hydrogen) atoms. The fourth-order valence-electron chi connectivity index (χ4n) is 2.16. The summed E-state index contributed by atoms with van der Waals surface area (Å²) in [7, 11) is 0. The molecule has 0 aliphatic rings. The summed E-state index contributed by atoms with van der Waals surface area (Å²) in [4.78, 5) is 4.15. The first-order chi connectivity index (χ1) is 11.9. The molecule has 0 atom stereocenters. The monoisotopic (exact) mass is 345 g/mol. The first-order valence-corrected chi connectivity index (χ1v) is 7.49. The Balaban J connectivity index is 2.03. The molecular formula is C18H14F3N3O. The number of aryl methyl sites for hydroxylation is 1. The van der Waals surface area contributed by atoms with Crippen LogP contribution in [0.25, 0.3) is 22.6 Å². The normalized spacial score (nSPS) is 11.4. The van der Waals surface area contributed by atoms with E-state index < -0.39 is 12.8 Å². The molecule has 0 unspecified atom stereocenters. The van der Waals surface area contributed by atoms with E-state index in [1.54, 1.807) is 36.4 Å². The zero-order valence-electron chi connectivity index (χ0n) is 13.3. The van der Waals surface area contributed by atoms with Crippen LogP contribution in [0.2, 0.25) is 0 Å². The topological polar surface area (TPSA) is 47.9 Å². The predicted octanol–water partition coefficient (Wildman–Crippen LogP) is 4.46. The lowest BCUT2D eigenvalue weighted by molar-refractivity contribution is -0.154. The van der Waals surface area contributed by atoms with Crippen LogP contribution in [0.15, 0.2) is 54.6 Å². The Labute approximate surface area is 142 Å². The van der Waals surface area contributed by atoms with Gasteiger partial charge in [-0.3, -0.25) is 0 Å². The molecule has 128 valence electrons. The fraction of sp³-hybridized carbons (Fsp3) is 0.167. The Hall–Kier alpha value is -2.96. The van der Waals surface area contributed by atoms with Gasteiger partial charge in [0.15, 0.2) is 18.1 Å². The molecule has 3 rings (SSSR count). The number of nitrogens with zero attached hydrogens (tertiary/aromatic N) is 3. The van der Waals surface area contributed by atoms with Gasteiger partial charge < -0.3 is 4.74 Å². The van der Waals surface area contributed by atoms with E-state index in [2.05, 4.69) is 15.2 Å². The van der Waals surface area contributed by atoms with Gasteiger partial charge in [-0.25, -0.2) is 0 Å². The molecule has 0 N–H and O–H groups in total. The van der Waals surface area contributed by atoms with Crippen LogP contribution in [0.4, 0.5) is 13.2 Å². The van der Waals surface area contributed by atoms with E-state index in [1.165, 1.54) is 0 Å². The molecule has 0 bridgehead atoms. The molecule has 0 amide bonds. The zero-order valence-corrected chi connectivity index (χ0v) is 13.3. The number of ether oxygens (including phenoxy) is 1. The van der Waals surface area contributed by atoms with Crippen LogP contribution in [-0.4, -0.2) is 28.0 Å². The summed E-state index contributed by atoms with van der Waals surface area (Å²) in [5.74, 6) is 0.00340. The van der Waals surface area contributed by atoms with Gasteiger partial charge in [-0.2, -0.15) is 18.2 Å². The Morgan fingerprint density at radius 2 is 1.56 bits per heavy atom. The van der Waals surface area contributed by atoms with Crippen LogP contribution in [0.3, 0.4) is 0 Å². The molecule has 0 radical (unpaired) electrons. The van der Waals surface area contributed by atoms with E-state index in [1.807, 2.05) is 25.1 Å². The minimum atomic E-state index is -4.47. The zero-order chi connectivity index (χ0) is 17.9. The SMILES string of the molecule is Cc1ccc(-c2nnc(-c3ccccc3)nc2OCC(F)(F)F)cc1. The van der Waals surface area contributed by atoms with Crippen LogP contribution in [0.1, 0.15) is 5.56 Å². The quantitative estimate of drug-likeness (QED) is 0.701. The second-order valence-electron chi connectivity index (χ2n) is 5.43. The summed E-state index contributed by atoms with van der Waals surface area (Å²) < 4.78 is 42.6. The molecule has 1 aromatic heterocycles. The fourth-order valence-corrected chi connectivity index (χ4v) is 2.16. The lowest BCUT2D eigenvalue weighted by Gasteiger charge is -2.12. The minimum Gasteiger partial charge on any atom is -0.466 e. The van der Waals surface area contributed by atoms with Crippen LogP contribution in [0, 0.1) is 6.92 Å². The Bertz CT molecular complexity index is 850. The number of alkyl halides is 3. The maximum absolute atomic E-state index is 12.6. The largest absolute Gasteiger partial charge is 0.466 e. The number of aromatic nitrogens is 3. The minimum absolute atomic E-state index is 0.170. The molecule has 0 aliphatic carbocycles. The van der Waals surface area contributed by atoms with Crippen LogP contribution < -0.4 is 4.74 Å². The Morgan fingerprint density at radius 3 is 2.20 bits per heavy atom. The Morgan fingerprint density at radius 1 is 0.880 bits per heavy atom. The van der Waals surface area contributed by atoms with Gasteiger partial charge in [0.25, 0.3) is 0 Å². The van der Waals surface area contributed by atoms with E-state index in [-0.39, 0.29) is 17.4 Å². The van der Waals surface area contributed by atoms with Crippen molar-refractivity contribution >= 4 is 0 Å². The van der Waals surface area contributed by atoms with Gasteiger partial charge in [0.05, 0.1) is 0 Å². The van der Waals surface area contributed by atoms with Gasteiger partial charge in [-0.15, -0.1) is 10.2 Å². The molecule has 7 heteroatoms. The van der Waals surface area contributed by atoms with E-state index in [0.29, 0.717) is 11.1 Å². The van der Waals surface area contributed by atoms with Crippen molar-refractivity contribution in [2.75, 3.05) is 6.61 Å². The van der Waals surface area contributed by atoms with Crippen molar-refractivity contribution in [2.24, 2.45) is 0 Å². The standard InChI is InChI=1S/C18H14F3N3O/c1-12-7-9-13(10-8-12)15-17(25-11-18(19,20)21)22-16(24-23-15)14-5-3-2-4-6-14/h2-10H,11H2,1H3. The molecule has 4 nitrogen and oxygen atoms in total. The summed E-state index contributed by atoms with van der Waals surface area (Å²) >= 11 is 0. The van der Waals surface area contributed by atoms with Gasteiger partial charge in [0, 0.05) is 11.1 Å². The first kappa shape index (κ1) is 16.9. The molecule has 3 aromatic rings. The molecule has 0 saturated heterocycles. The summed E-state index contributed by atoms with van der Waals surface area (Å²) in [6.45, 7) is 0.464. The lowest BCUT2D eigenvalue weighted by Crippen LogP contribution is -2.20. The molecule has 2 aromatic carbocycles. The first-order valence-electron chi connectivity index (χ1n) is 7.49. The second kappa shape index (κ2) is 6.88. The summed E-state index contributed by atoms with van der Waals surface area (Å²) in [5.41, 5.74) is 2.41. The predicted molar refractivity (Wildman–Crippen MR) is 87.0 cm³/mol. The third-order valence-electron chi connectivity index (χ3n) is 3.38. The van der Waals surface area contributed by atoms with Crippen LogP contribution in [0.5, 0.6) is 5.88 Å². The van der Waals surface area contributed by atoms with E-state index in [4.69, 9.17) is 4.74 Å². The van der Waals surface area contributed by atoms with E-state index >= 15 is 0 Å². The average molecular weight is 345 g/mol. The van der Waals surface area contributed by atoms with Crippen molar-refractivity contribution in [1.82, 2.24) is 15.2 Å². The van der Waals surface area contributed by atoms with Gasteiger partial charge in [-0.1, -0.05) is 60.2 Å². The second-order valence-corrected chi connectivity index (χ2v) is 5.43. The van der Waals surface area contributed by atoms with Crippen LogP contribution >= 0.6 is 0 Å². The highest BCUT2D eigenvalue weighted by molar-refractivity contribution is 5.66. The number of hydrogen-bond acceptors (Lipinski definition) is 4. The van der Waals surface area contributed by atoms with Crippen molar-refractivity contribution < 1.29 is 17.9 Å². The van der Waals surface area contributed by atoms with Crippen molar-refractivity contribution in [2.45, 2.75) is 13.1 Å². The van der Waals surface area contributed by atoms with Gasteiger partial charge in [-0.05, 0) is 6.92 Å². The van der Waals surface area contributed by atoms with Gasteiger partial charge in [0.1, 0.15) is 0 Å². The highest BCUT2D eigenvalue weighted by Crippen LogP contribution is 2.29. The Kier molecular flexibility index (Phi) is 4.65. The number of benzene rings is 2. The highest BCUT2D eigenvalue weighted by atomic mass is 19.4. The molecule has 0 spiro atoms. The molecule has 0 aliphatic heterocycles. The number of hydrogen-bond donors (Lipinski definition) is 0. The summed E-state index contributed by atoms with van der Waals surface area (Å²) in [6, 6.07) is 16.0. The van der Waals surface area contributed by atoms with Crippen LogP contribution in [-0.2, 0) is 0 Å². The summed E-state index contributed by atoms with van der Waals surface area (Å²) in [6.07, 6.45) is -4.47. The van der Waals surface area contributed by atoms with E-state index in [9.17, 15) is 13.2 Å². The lowest BCUT2D eigenvalue weighted by atomic mass is 10.1. The van der Waals surface area contributed by atoms with Crippen molar-refractivity contribution in [3.63, 3.8) is 0 Å². The third kappa shape index (κ3) is 4.32. The van der Waals surface area contributed by atoms with E-state index in [0.717, 1.165) is 5.56 Å². The van der Waals surface area contributed by atoms with Crippen molar-refractivity contribution in [1.29, 1.82) is 0 Å². The average Bonchev–Trinajstić information content (AvgIpc) is 2.61. The molecule has 1 heterocycles. The van der Waals surface area contributed by atoms with Crippen molar-refractivity contribution in [3.8, 4) is 28.5 Å².